The third-order valence-corrected chi connectivity index (χ3v) is 4.42. The number of para-hydroxylation sites is 1. The Hall–Kier alpha value is -4.00. The van der Waals surface area contributed by atoms with Gasteiger partial charge >= 0.3 is 5.97 Å². The van der Waals surface area contributed by atoms with Crippen molar-refractivity contribution in [3.05, 3.63) is 84.3 Å². The molecule has 7 heteroatoms. The third-order valence-electron chi connectivity index (χ3n) is 4.42. The Morgan fingerprint density at radius 2 is 1.73 bits per heavy atom. The fourth-order valence-electron chi connectivity index (χ4n) is 3.10. The number of esters is 1. The second kappa shape index (κ2) is 8.57. The predicted molar refractivity (Wildman–Crippen MR) is 115 cm³/mol. The van der Waals surface area contributed by atoms with Gasteiger partial charge in [-0.3, -0.25) is 0 Å². The first-order valence-electron chi connectivity index (χ1n) is 9.64. The van der Waals surface area contributed by atoms with Crippen molar-refractivity contribution in [2.75, 3.05) is 11.9 Å². The van der Waals surface area contributed by atoms with Gasteiger partial charge < -0.3 is 10.1 Å². The molecule has 0 atom stereocenters. The number of rotatable bonds is 6. The summed E-state index contributed by atoms with van der Waals surface area (Å²) in [5, 5.41) is 7.66. The molecular weight excluding hydrogens is 378 g/mol. The van der Waals surface area contributed by atoms with Crippen molar-refractivity contribution < 1.29 is 9.53 Å². The second-order valence-electron chi connectivity index (χ2n) is 6.55. The molecule has 0 radical (unpaired) electrons. The molecule has 0 aliphatic carbocycles. The van der Waals surface area contributed by atoms with E-state index in [0.717, 1.165) is 16.9 Å². The average Bonchev–Trinajstić information content (AvgIpc) is 3.18. The molecule has 1 N–H and O–H groups in total. The van der Waals surface area contributed by atoms with Crippen LogP contribution in [0.5, 0.6) is 0 Å². The maximum Gasteiger partial charge on any atom is 0.343 e. The highest BCUT2D eigenvalue weighted by atomic mass is 16.5. The summed E-state index contributed by atoms with van der Waals surface area (Å²) in [5.74, 6) is 1.21. The van der Waals surface area contributed by atoms with Gasteiger partial charge in [0.1, 0.15) is 23.0 Å². The highest BCUT2D eigenvalue weighted by Crippen LogP contribution is 2.26. The number of ether oxygens (including phenoxy) is 1. The fourth-order valence-corrected chi connectivity index (χ4v) is 3.10. The minimum Gasteiger partial charge on any atom is -0.462 e. The van der Waals surface area contributed by atoms with E-state index in [-0.39, 0.29) is 6.61 Å². The van der Waals surface area contributed by atoms with Crippen LogP contribution in [0.1, 0.15) is 23.1 Å². The first-order chi connectivity index (χ1) is 14.7. The summed E-state index contributed by atoms with van der Waals surface area (Å²) >= 11 is 0. The molecule has 0 aliphatic heterocycles. The second-order valence-corrected chi connectivity index (χ2v) is 6.55. The Balaban J connectivity index is 1.78. The molecule has 0 saturated carbocycles. The van der Waals surface area contributed by atoms with Crippen molar-refractivity contribution >= 4 is 17.6 Å². The summed E-state index contributed by atoms with van der Waals surface area (Å²) < 4.78 is 6.87. The molecule has 0 aliphatic rings. The van der Waals surface area contributed by atoms with Crippen LogP contribution in [0, 0.1) is 6.92 Å². The monoisotopic (exact) mass is 399 g/mol. The van der Waals surface area contributed by atoms with Gasteiger partial charge in [0, 0.05) is 11.6 Å². The smallest absolute Gasteiger partial charge is 0.343 e. The number of anilines is 2. The molecule has 0 unspecified atom stereocenters. The van der Waals surface area contributed by atoms with Crippen LogP contribution in [-0.4, -0.2) is 32.3 Å². The number of carbonyl (C=O) groups is 1. The first-order valence-corrected chi connectivity index (χ1v) is 9.64. The van der Waals surface area contributed by atoms with Crippen molar-refractivity contribution in [2.24, 2.45) is 0 Å². The van der Waals surface area contributed by atoms with E-state index in [4.69, 9.17) is 4.74 Å². The summed E-state index contributed by atoms with van der Waals surface area (Å²) in [6.45, 7) is 3.88. The van der Waals surface area contributed by atoms with Crippen LogP contribution in [0.25, 0.3) is 16.9 Å². The highest BCUT2D eigenvalue weighted by molar-refractivity contribution is 5.95. The minimum absolute atomic E-state index is 0.277. The molecule has 2 aromatic carbocycles. The lowest BCUT2D eigenvalue weighted by Gasteiger charge is -2.13. The van der Waals surface area contributed by atoms with Gasteiger partial charge in [-0.1, -0.05) is 48.5 Å². The zero-order valence-electron chi connectivity index (χ0n) is 16.7. The molecule has 4 aromatic rings. The summed E-state index contributed by atoms with van der Waals surface area (Å²) in [6.07, 6.45) is 1.50. The molecule has 0 fully saturated rings. The van der Waals surface area contributed by atoms with Gasteiger partial charge in [-0.15, -0.1) is 0 Å². The Labute approximate surface area is 174 Å². The van der Waals surface area contributed by atoms with Crippen LogP contribution in [-0.2, 0) is 4.74 Å². The minimum atomic E-state index is -0.448. The maximum atomic E-state index is 12.5. The van der Waals surface area contributed by atoms with Gasteiger partial charge in [-0.25, -0.2) is 19.4 Å². The van der Waals surface area contributed by atoms with Gasteiger partial charge in [-0.2, -0.15) is 5.10 Å². The Bertz CT molecular complexity index is 1160. The Morgan fingerprint density at radius 1 is 1.03 bits per heavy atom. The third kappa shape index (κ3) is 4.05. The average molecular weight is 399 g/mol. The largest absolute Gasteiger partial charge is 0.462 e. The van der Waals surface area contributed by atoms with E-state index in [1.807, 2.05) is 73.7 Å². The zero-order valence-corrected chi connectivity index (χ0v) is 16.7. The number of aryl methyl sites for hydroxylation is 1. The normalized spacial score (nSPS) is 10.6. The molecule has 0 bridgehead atoms. The van der Waals surface area contributed by atoms with Gasteiger partial charge in [-0.05, 0) is 26.0 Å². The van der Waals surface area contributed by atoms with Crippen LogP contribution in [0.3, 0.4) is 0 Å². The number of hydrogen-bond acceptors (Lipinski definition) is 6. The standard InChI is InChI=1S/C23H21N5O2/c1-3-30-23(29)19-15-24-28(18-12-8-5-9-13-18)22(19)27-21-14-20(25-16(2)26-21)17-10-6-4-7-11-17/h4-15H,3H2,1-2H3,(H,25,26,27). The van der Waals surface area contributed by atoms with Crippen molar-refractivity contribution in [3.8, 4) is 16.9 Å². The van der Waals surface area contributed by atoms with E-state index >= 15 is 0 Å². The van der Waals surface area contributed by atoms with Gasteiger partial charge in [0.2, 0.25) is 0 Å². The van der Waals surface area contributed by atoms with E-state index in [9.17, 15) is 4.79 Å². The number of nitrogens with zero attached hydrogens (tertiary/aromatic N) is 4. The molecule has 7 nitrogen and oxygen atoms in total. The lowest BCUT2D eigenvalue weighted by atomic mass is 10.1. The van der Waals surface area contributed by atoms with Crippen LogP contribution in [0.2, 0.25) is 0 Å². The SMILES string of the molecule is CCOC(=O)c1cnn(-c2ccccc2)c1Nc1cc(-c2ccccc2)nc(C)n1. The molecule has 2 aromatic heterocycles. The van der Waals surface area contributed by atoms with Crippen LogP contribution in [0.15, 0.2) is 72.9 Å². The first kappa shape index (κ1) is 19.3. The summed E-state index contributed by atoms with van der Waals surface area (Å²) in [5.41, 5.74) is 2.91. The van der Waals surface area contributed by atoms with Crippen molar-refractivity contribution in [3.63, 3.8) is 0 Å². The molecule has 30 heavy (non-hydrogen) atoms. The van der Waals surface area contributed by atoms with E-state index in [2.05, 4.69) is 20.4 Å². The molecule has 4 rings (SSSR count). The Kier molecular flexibility index (Phi) is 5.52. The number of benzene rings is 2. The fraction of sp³-hybridized carbons (Fsp3) is 0.130. The van der Waals surface area contributed by atoms with Crippen molar-refractivity contribution in [2.45, 2.75) is 13.8 Å². The van der Waals surface area contributed by atoms with E-state index in [1.165, 1.54) is 6.20 Å². The molecule has 0 amide bonds. The topological polar surface area (TPSA) is 81.9 Å². The summed E-state index contributed by atoms with van der Waals surface area (Å²) in [7, 11) is 0. The Morgan fingerprint density at radius 3 is 2.43 bits per heavy atom. The van der Waals surface area contributed by atoms with Gasteiger partial charge in [0.05, 0.1) is 24.2 Å². The van der Waals surface area contributed by atoms with Crippen LogP contribution >= 0.6 is 0 Å². The predicted octanol–water partition coefficient (Wildman–Crippen LogP) is 4.56. The van der Waals surface area contributed by atoms with Gasteiger partial charge in [0.25, 0.3) is 0 Å². The lowest BCUT2D eigenvalue weighted by Crippen LogP contribution is -2.10. The maximum absolute atomic E-state index is 12.5. The van der Waals surface area contributed by atoms with E-state index in [0.29, 0.717) is 23.0 Å². The van der Waals surface area contributed by atoms with E-state index in [1.54, 1.807) is 11.6 Å². The quantitative estimate of drug-likeness (QED) is 0.479. The number of aromatic nitrogens is 4. The molecule has 150 valence electrons. The molecule has 0 saturated heterocycles. The van der Waals surface area contributed by atoms with Gasteiger partial charge in [0.15, 0.2) is 0 Å². The molecule has 0 spiro atoms. The van der Waals surface area contributed by atoms with Crippen molar-refractivity contribution in [1.82, 2.24) is 19.7 Å². The van der Waals surface area contributed by atoms with E-state index < -0.39 is 5.97 Å². The molecular formula is C23H21N5O2. The molecule has 2 heterocycles. The van der Waals surface area contributed by atoms with Crippen LogP contribution in [0.4, 0.5) is 11.6 Å². The lowest BCUT2D eigenvalue weighted by molar-refractivity contribution is 0.0527. The number of hydrogen-bond donors (Lipinski definition) is 1. The number of nitrogens with one attached hydrogen (secondary N) is 1. The summed E-state index contributed by atoms with van der Waals surface area (Å²) in [4.78, 5) is 21.5. The van der Waals surface area contributed by atoms with Crippen LogP contribution < -0.4 is 5.32 Å². The number of carbonyl (C=O) groups excluding carboxylic acids is 1. The zero-order chi connectivity index (χ0) is 20.9. The highest BCUT2D eigenvalue weighted by Gasteiger charge is 2.20. The summed E-state index contributed by atoms with van der Waals surface area (Å²) in [6, 6.07) is 21.3. The van der Waals surface area contributed by atoms with Crippen molar-refractivity contribution in [1.29, 1.82) is 0 Å².